The fraction of sp³-hybridized carbons (Fsp3) is 0.133. The third-order valence-electron chi connectivity index (χ3n) is 2.91. The van der Waals surface area contributed by atoms with E-state index >= 15 is 0 Å². The average molecular weight is 249 g/mol. The van der Waals surface area contributed by atoms with Crippen LogP contribution in [0.3, 0.4) is 0 Å². The van der Waals surface area contributed by atoms with Crippen LogP contribution < -0.4 is 5.56 Å². The van der Waals surface area contributed by atoms with Gasteiger partial charge in [0, 0.05) is 5.69 Å². The molecule has 92 valence electrons. The van der Waals surface area contributed by atoms with Gasteiger partial charge in [-0.05, 0) is 36.8 Å². The molecule has 4 heteroatoms. The third kappa shape index (κ3) is 2.53. The van der Waals surface area contributed by atoms with Crippen LogP contribution in [0, 0.1) is 29.6 Å². The average Bonchev–Trinajstić information content (AvgIpc) is 2.44. The molecule has 2 rings (SSSR count). The van der Waals surface area contributed by atoms with Crippen molar-refractivity contribution >= 4 is 0 Å². The van der Waals surface area contributed by atoms with Crippen molar-refractivity contribution < 1.29 is 0 Å². The highest BCUT2D eigenvalue weighted by Crippen LogP contribution is 2.07. The number of benzene rings is 1. The second-order valence-electron chi connectivity index (χ2n) is 4.20. The van der Waals surface area contributed by atoms with Crippen molar-refractivity contribution in [2.45, 2.75) is 13.5 Å². The van der Waals surface area contributed by atoms with Crippen LogP contribution in [-0.2, 0) is 6.54 Å². The molecule has 0 aliphatic heterocycles. The van der Waals surface area contributed by atoms with Crippen molar-refractivity contribution in [2.24, 2.45) is 0 Å². The van der Waals surface area contributed by atoms with Crippen LogP contribution >= 0.6 is 0 Å². The van der Waals surface area contributed by atoms with Gasteiger partial charge in [-0.3, -0.25) is 4.79 Å². The standard InChI is InChI=1S/C15H11N3O/c1-11-5-6-14(9-17)15(19)18(11)10-13-4-2-3-12(7-13)8-16/h2-7H,10H2,1H3. The first-order valence-corrected chi connectivity index (χ1v) is 5.75. The Balaban J connectivity index is 2.47. The van der Waals surface area contributed by atoms with Gasteiger partial charge in [-0.25, -0.2) is 0 Å². The lowest BCUT2D eigenvalue weighted by atomic mass is 10.1. The molecule has 0 fully saturated rings. The van der Waals surface area contributed by atoms with Crippen LogP contribution in [-0.4, -0.2) is 4.57 Å². The third-order valence-corrected chi connectivity index (χ3v) is 2.91. The summed E-state index contributed by atoms with van der Waals surface area (Å²) in [6, 6.07) is 14.3. The van der Waals surface area contributed by atoms with E-state index in [4.69, 9.17) is 10.5 Å². The molecule has 0 aliphatic rings. The molecule has 0 bridgehead atoms. The highest BCUT2D eigenvalue weighted by Gasteiger charge is 2.06. The van der Waals surface area contributed by atoms with E-state index in [0.717, 1.165) is 11.3 Å². The van der Waals surface area contributed by atoms with E-state index < -0.39 is 0 Å². The minimum absolute atomic E-state index is 0.127. The van der Waals surface area contributed by atoms with Crippen molar-refractivity contribution in [2.75, 3.05) is 0 Å². The zero-order valence-electron chi connectivity index (χ0n) is 10.4. The van der Waals surface area contributed by atoms with E-state index in [1.54, 1.807) is 24.3 Å². The molecule has 1 heterocycles. The molecule has 2 aromatic rings. The Morgan fingerprint density at radius 3 is 2.63 bits per heavy atom. The minimum Gasteiger partial charge on any atom is -0.307 e. The highest BCUT2D eigenvalue weighted by atomic mass is 16.1. The fourth-order valence-corrected chi connectivity index (χ4v) is 1.87. The largest absolute Gasteiger partial charge is 0.307 e. The number of aromatic nitrogens is 1. The molecule has 0 unspecified atom stereocenters. The van der Waals surface area contributed by atoms with Gasteiger partial charge < -0.3 is 4.57 Å². The van der Waals surface area contributed by atoms with Crippen molar-refractivity contribution in [1.29, 1.82) is 10.5 Å². The molecule has 0 aliphatic carbocycles. The van der Waals surface area contributed by atoms with Gasteiger partial charge in [0.1, 0.15) is 11.6 Å². The van der Waals surface area contributed by atoms with Gasteiger partial charge in [0.2, 0.25) is 0 Å². The van der Waals surface area contributed by atoms with Crippen LogP contribution in [0.5, 0.6) is 0 Å². The molecule has 0 amide bonds. The minimum atomic E-state index is -0.301. The summed E-state index contributed by atoms with van der Waals surface area (Å²) >= 11 is 0. The molecule has 0 atom stereocenters. The number of pyridine rings is 1. The van der Waals surface area contributed by atoms with Crippen molar-refractivity contribution in [3.8, 4) is 12.1 Å². The van der Waals surface area contributed by atoms with Crippen molar-refractivity contribution in [3.63, 3.8) is 0 Å². The van der Waals surface area contributed by atoms with Crippen molar-refractivity contribution in [1.82, 2.24) is 4.57 Å². The van der Waals surface area contributed by atoms with Gasteiger partial charge in [0.25, 0.3) is 5.56 Å². The number of nitrogens with zero attached hydrogens (tertiary/aromatic N) is 3. The predicted octanol–water partition coefficient (Wildman–Crippen LogP) is 1.95. The molecule has 19 heavy (non-hydrogen) atoms. The number of hydrogen-bond acceptors (Lipinski definition) is 3. The van der Waals surface area contributed by atoms with Crippen molar-refractivity contribution in [3.05, 3.63) is 69.1 Å². The lowest BCUT2D eigenvalue weighted by molar-refractivity contribution is 0.727. The van der Waals surface area contributed by atoms with Gasteiger partial charge in [-0.15, -0.1) is 0 Å². The molecular weight excluding hydrogens is 238 g/mol. The maximum Gasteiger partial charge on any atom is 0.268 e. The molecule has 0 N–H and O–H groups in total. The molecular formula is C15H11N3O. The van der Waals surface area contributed by atoms with E-state index in [1.807, 2.05) is 19.1 Å². The van der Waals surface area contributed by atoms with Crippen LogP contribution in [0.15, 0.2) is 41.2 Å². The van der Waals surface area contributed by atoms with E-state index in [1.165, 1.54) is 10.6 Å². The predicted molar refractivity (Wildman–Crippen MR) is 70.4 cm³/mol. The molecule has 1 aromatic heterocycles. The molecule has 0 spiro atoms. The second-order valence-corrected chi connectivity index (χ2v) is 4.20. The van der Waals surface area contributed by atoms with Gasteiger partial charge in [0.15, 0.2) is 0 Å². The Bertz CT molecular complexity index is 760. The molecule has 0 radical (unpaired) electrons. The summed E-state index contributed by atoms with van der Waals surface area (Å²) in [6.45, 7) is 2.17. The first-order valence-electron chi connectivity index (χ1n) is 5.75. The van der Waals surface area contributed by atoms with Crippen LogP contribution in [0.4, 0.5) is 0 Å². The fourth-order valence-electron chi connectivity index (χ4n) is 1.87. The summed E-state index contributed by atoms with van der Waals surface area (Å²) in [7, 11) is 0. The molecule has 0 saturated carbocycles. The zero-order chi connectivity index (χ0) is 13.8. The van der Waals surface area contributed by atoms with Gasteiger partial charge in [-0.1, -0.05) is 12.1 Å². The Labute approximate surface area is 110 Å². The van der Waals surface area contributed by atoms with Gasteiger partial charge in [-0.2, -0.15) is 10.5 Å². The van der Waals surface area contributed by atoms with E-state index in [0.29, 0.717) is 12.1 Å². The maximum atomic E-state index is 12.1. The second kappa shape index (κ2) is 5.20. The van der Waals surface area contributed by atoms with E-state index in [9.17, 15) is 4.79 Å². The Hall–Kier alpha value is -2.85. The van der Waals surface area contributed by atoms with Crippen LogP contribution in [0.25, 0.3) is 0 Å². The normalized spacial score (nSPS) is 9.63. The monoisotopic (exact) mass is 249 g/mol. The van der Waals surface area contributed by atoms with Gasteiger partial charge >= 0.3 is 0 Å². The lowest BCUT2D eigenvalue weighted by Crippen LogP contribution is -2.24. The quantitative estimate of drug-likeness (QED) is 0.816. The smallest absolute Gasteiger partial charge is 0.268 e. The molecule has 4 nitrogen and oxygen atoms in total. The summed E-state index contributed by atoms with van der Waals surface area (Å²) in [5.41, 5.74) is 2.03. The number of nitriles is 2. The summed E-state index contributed by atoms with van der Waals surface area (Å²) in [6.07, 6.45) is 0. The maximum absolute atomic E-state index is 12.1. The highest BCUT2D eigenvalue weighted by molar-refractivity contribution is 5.34. The summed E-state index contributed by atoms with van der Waals surface area (Å²) in [5, 5.41) is 17.7. The summed E-state index contributed by atoms with van der Waals surface area (Å²) in [4.78, 5) is 12.1. The molecule has 0 saturated heterocycles. The molecule has 1 aromatic carbocycles. The summed E-state index contributed by atoms with van der Waals surface area (Å²) in [5.74, 6) is 0. The van der Waals surface area contributed by atoms with E-state index in [-0.39, 0.29) is 11.1 Å². The number of rotatable bonds is 2. The Kier molecular flexibility index (Phi) is 3.45. The zero-order valence-corrected chi connectivity index (χ0v) is 10.4. The van der Waals surface area contributed by atoms with Gasteiger partial charge in [0.05, 0.1) is 18.2 Å². The van der Waals surface area contributed by atoms with E-state index in [2.05, 4.69) is 6.07 Å². The topological polar surface area (TPSA) is 69.6 Å². The van der Waals surface area contributed by atoms with Crippen LogP contribution in [0.1, 0.15) is 22.4 Å². The first-order chi connectivity index (χ1) is 9.15. The van der Waals surface area contributed by atoms with Crippen LogP contribution in [0.2, 0.25) is 0 Å². The Morgan fingerprint density at radius 2 is 1.95 bits per heavy atom. The number of aryl methyl sites for hydroxylation is 1. The first kappa shape index (κ1) is 12.6. The lowest BCUT2D eigenvalue weighted by Gasteiger charge is -2.10. The Morgan fingerprint density at radius 1 is 1.16 bits per heavy atom. The summed E-state index contributed by atoms with van der Waals surface area (Å²) < 4.78 is 1.54. The SMILES string of the molecule is Cc1ccc(C#N)c(=O)n1Cc1cccc(C#N)c1. The number of hydrogen-bond donors (Lipinski definition) is 0.